The zero-order chi connectivity index (χ0) is 14.1. The molecule has 4 heteroatoms. The molecule has 0 aliphatic carbocycles. The van der Waals surface area contributed by atoms with Gasteiger partial charge in [0, 0.05) is 10.5 Å². The molecule has 3 nitrogen and oxygen atoms in total. The van der Waals surface area contributed by atoms with Crippen LogP contribution in [0.1, 0.15) is 49.9 Å². The SMILES string of the molecule is CCCCOc1cc(Br)c(C=O)c(OCCCC)c1. The highest BCUT2D eigenvalue weighted by Crippen LogP contribution is 2.31. The van der Waals surface area contributed by atoms with Crippen LogP contribution in [0.15, 0.2) is 16.6 Å². The van der Waals surface area contributed by atoms with Crippen LogP contribution in [0.25, 0.3) is 0 Å². The van der Waals surface area contributed by atoms with Crippen molar-refractivity contribution in [2.75, 3.05) is 13.2 Å². The second-order valence-corrected chi connectivity index (χ2v) is 5.19. The maximum atomic E-state index is 11.1. The van der Waals surface area contributed by atoms with E-state index < -0.39 is 0 Å². The van der Waals surface area contributed by atoms with Gasteiger partial charge in [0.05, 0.1) is 18.8 Å². The number of hydrogen-bond donors (Lipinski definition) is 0. The van der Waals surface area contributed by atoms with Crippen molar-refractivity contribution in [3.63, 3.8) is 0 Å². The molecule has 0 aliphatic heterocycles. The predicted octanol–water partition coefficient (Wildman–Crippen LogP) is 4.62. The largest absolute Gasteiger partial charge is 0.493 e. The highest BCUT2D eigenvalue weighted by Gasteiger charge is 2.11. The van der Waals surface area contributed by atoms with Crippen LogP contribution in [-0.2, 0) is 0 Å². The Labute approximate surface area is 123 Å². The Balaban J connectivity index is 2.81. The van der Waals surface area contributed by atoms with E-state index >= 15 is 0 Å². The van der Waals surface area contributed by atoms with Gasteiger partial charge in [-0.05, 0) is 34.8 Å². The van der Waals surface area contributed by atoms with Gasteiger partial charge in [-0.15, -0.1) is 0 Å². The van der Waals surface area contributed by atoms with Gasteiger partial charge in [0.15, 0.2) is 6.29 Å². The van der Waals surface area contributed by atoms with Crippen molar-refractivity contribution in [1.82, 2.24) is 0 Å². The second kappa shape index (κ2) is 8.97. The molecule has 0 bridgehead atoms. The average Bonchev–Trinajstić information content (AvgIpc) is 2.39. The van der Waals surface area contributed by atoms with Crippen molar-refractivity contribution in [3.8, 4) is 11.5 Å². The predicted molar refractivity (Wildman–Crippen MR) is 80.3 cm³/mol. The normalized spacial score (nSPS) is 10.3. The molecule has 106 valence electrons. The Hall–Kier alpha value is -1.03. The van der Waals surface area contributed by atoms with Gasteiger partial charge in [-0.1, -0.05) is 26.7 Å². The van der Waals surface area contributed by atoms with Crippen molar-refractivity contribution in [2.45, 2.75) is 39.5 Å². The zero-order valence-corrected chi connectivity index (χ0v) is 13.2. The number of benzene rings is 1. The summed E-state index contributed by atoms with van der Waals surface area (Å²) in [6.45, 7) is 5.51. The van der Waals surface area contributed by atoms with Crippen LogP contribution in [-0.4, -0.2) is 19.5 Å². The molecule has 1 rings (SSSR count). The van der Waals surface area contributed by atoms with E-state index in [1.807, 2.05) is 6.07 Å². The van der Waals surface area contributed by atoms with E-state index in [0.29, 0.717) is 29.0 Å². The number of unbranched alkanes of at least 4 members (excludes halogenated alkanes) is 2. The van der Waals surface area contributed by atoms with E-state index in [0.717, 1.165) is 37.7 Å². The van der Waals surface area contributed by atoms with Gasteiger partial charge in [-0.3, -0.25) is 4.79 Å². The number of aldehydes is 1. The molecule has 19 heavy (non-hydrogen) atoms. The highest BCUT2D eigenvalue weighted by atomic mass is 79.9. The third-order valence-electron chi connectivity index (χ3n) is 2.71. The summed E-state index contributed by atoms with van der Waals surface area (Å²) >= 11 is 3.38. The minimum Gasteiger partial charge on any atom is -0.493 e. The molecule has 0 fully saturated rings. The van der Waals surface area contributed by atoms with E-state index in [4.69, 9.17) is 9.47 Å². The number of halogens is 1. The molecule has 0 heterocycles. The molecule has 1 aromatic rings. The summed E-state index contributed by atoms with van der Waals surface area (Å²) in [4.78, 5) is 11.1. The number of ether oxygens (including phenoxy) is 2. The van der Waals surface area contributed by atoms with Crippen LogP contribution in [0.2, 0.25) is 0 Å². The summed E-state index contributed by atoms with van der Waals surface area (Å²) in [6.07, 6.45) is 4.94. The fourth-order valence-electron chi connectivity index (χ4n) is 1.55. The Morgan fingerprint density at radius 2 is 1.74 bits per heavy atom. The van der Waals surface area contributed by atoms with E-state index in [9.17, 15) is 4.79 Å². The van der Waals surface area contributed by atoms with Crippen LogP contribution in [0.5, 0.6) is 11.5 Å². The lowest BCUT2D eigenvalue weighted by molar-refractivity contribution is 0.111. The standard InChI is InChI=1S/C15H21BrO3/c1-3-5-7-18-12-9-14(16)13(11-17)15(10-12)19-8-6-4-2/h9-11H,3-8H2,1-2H3. The minimum absolute atomic E-state index is 0.541. The van der Waals surface area contributed by atoms with Crippen LogP contribution in [0.3, 0.4) is 0 Å². The molecular weight excluding hydrogens is 308 g/mol. The van der Waals surface area contributed by atoms with Gasteiger partial charge in [-0.25, -0.2) is 0 Å². The summed E-state index contributed by atoms with van der Waals surface area (Å²) < 4.78 is 12.0. The topological polar surface area (TPSA) is 35.5 Å². The van der Waals surface area contributed by atoms with Gasteiger partial charge >= 0.3 is 0 Å². The first-order valence-electron chi connectivity index (χ1n) is 6.77. The summed E-state index contributed by atoms with van der Waals surface area (Å²) in [6, 6.07) is 3.60. The third kappa shape index (κ3) is 5.23. The number of rotatable bonds is 9. The van der Waals surface area contributed by atoms with Gasteiger partial charge in [0.2, 0.25) is 0 Å². The lowest BCUT2D eigenvalue weighted by atomic mass is 10.2. The minimum atomic E-state index is 0.541. The molecular formula is C15H21BrO3. The summed E-state index contributed by atoms with van der Waals surface area (Å²) in [5.74, 6) is 1.32. The van der Waals surface area contributed by atoms with E-state index in [2.05, 4.69) is 29.8 Å². The van der Waals surface area contributed by atoms with Gasteiger partial charge in [0.1, 0.15) is 11.5 Å². The Morgan fingerprint density at radius 3 is 2.32 bits per heavy atom. The molecule has 1 aromatic carbocycles. The molecule has 0 spiro atoms. The van der Waals surface area contributed by atoms with Crippen LogP contribution < -0.4 is 9.47 Å². The smallest absolute Gasteiger partial charge is 0.154 e. The monoisotopic (exact) mass is 328 g/mol. The van der Waals surface area contributed by atoms with Crippen molar-refractivity contribution < 1.29 is 14.3 Å². The second-order valence-electron chi connectivity index (χ2n) is 4.34. The van der Waals surface area contributed by atoms with Crippen molar-refractivity contribution >= 4 is 22.2 Å². The molecule has 0 radical (unpaired) electrons. The van der Waals surface area contributed by atoms with Gasteiger partial charge < -0.3 is 9.47 Å². The lowest BCUT2D eigenvalue weighted by Crippen LogP contribution is -2.02. The highest BCUT2D eigenvalue weighted by molar-refractivity contribution is 9.10. The van der Waals surface area contributed by atoms with E-state index in [1.54, 1.807) is 6.07 Å². The number of carbonyl (C=O) groups is 1. The van der Waals surface area contributed by atoms with Crippen molar-refractivity contribution in [3.05, 3.63) is 22.2 Å². The quantitative estimate of drug-likeness (QED) is 0.490. The summed E-state index contributed by atoms with van der Waals surface area (Å²) in [7, 11) is 0. The van der Waals surface area contributed by atoms with Crippen LogP contribution in [0.4, 0.5) is 0 Å². The zero-order valence-electron chi connectivity index (χ0n) is 11.6. The molecule has 0 N–H and O–H groups in total. The molecule has 0 aliphatic rings. The Kier molecular flexibility index (Phi) is 7.56. The first-order chi connectivity index (χ1) is 9.22. The Morgan fingerprint density at radius 1 is 1.11 bits per heavy atom. The van der Waals surface area contributed by atoms with E-state index in [-0.39, 0.29) is 0 Å². The third-order valence-corrected chi connectivity index (χ3v) is 3.36. The van der Waals surface area contributed by atoms with Crippen LogP contribution in [0, 0.1) is 0 Å². The molecule has 0 amide bonds. The molecule has 0 saturated carbocycles. The first-order valence-corrected chi connectivity index (χ1v) is 7.56. The summed E-state index contributed by atoms with van der Waals surface area (Å²) in [5, 5.41) is 0. The first kappa shape index (κ1) is 16.0. The van der Waals surface area contributed by atoms with Crippen LogP contribution >= 0.6 is 15.9 Å². The van der Waals surface area contributed by atoms with Gasteiger partial charge in [-0.2, -0.15) is 0 Å². The fourth-order valence-corrected chi connectivity index (χ4v) is 2.06. The van der Waals surface area contributed by atoms with E-state index in [1.165, 1.54) is 0 Å². The van der Waals surface area contributed by atoms with Crippen molar-refractivity contribution in [1.29, 1.82) is 0 Å². The molecule has 0 unspecified atom stereocenters. The van der Waals surface area contributed by atoms with Crippen molar-refractivity contribution in [2.24, 2.45) is 0 Å². The lowest BCUT2D eigenvalue weighted by Gasteiger charge is -2.12. The fraction of sp³-hybridized carbons (Fsp3) is 0.533. The number of hydrogen-bond acceptors (Lipinski definition) is 3. The molecule has 0 saturated heterocycles. The van der Waals surface area contributed by atoms with Gasteiger partial charge in [0.25, 0.3) is 0 Å². The molecule has 0 aromatic heterocycles. The summed E-state index contributed by atoms with van der Waals surface area (Å²) in [5.41, 5.74) is 0.541. The molecule has 0 atom stereocenters. The number of carbonyl (C=O) groups excluding carboxylic acids is 1. The average molecular weight is 329 g/mol. The maximum absolute atomic E-state index is 11.1. The Bertz CT molecular complexity index is 405. The maximum Gasteiger partial charge on any atom is 0.154 e.